The summed E-state index contributed by atoms with van der Waals surface area (Å²) in [6, 6.07) is 13.6. The van der Waals surface area contributed by atoms with Crippen molar-refractivity contribution in [3.63, 3.8) is 0 Å². The Kier molecular flexibility index (Phi) is 18.1. The molecule has 2 aromatic carbocycles. The molecule has 0 spiro atoms. The Balaban J connectivity index is 2.27. The lowest BCUT2D eigenvalue weighted by atomic mass is 9.81. The molecular weight excluding hydrogens is 680 g/mol. The van der Waals surface area contributed by atoms with Crippen LogP contribution < -0.4 is 4.74 Å². The van der Waals surface area contributed by atoms with Crippen molar-refractivity contribution < 1.29 is 42.7 Å². The minimum atomic E-state index is -1.56. The fourth-order valence-electron chi connectivity index (χ4n) is 6.02. The molecule has 280 valence electrons. The van der Waals surface area contributed by atoms with Crippen molar-refractivity contribution in [1.29, 1.82) is 0 Å². The van der Waals surface area contributed by atoms with Gasteiger partial charge in [-0.15, -0.1) is 0 Å². The zero-order valence-electron chi connectivity index (χ0n) is 30.9. The van der Waals surface area contributed by atoms with E-state index in [2.05, 4.69) is 20.8 Å². The smallest absolute Gasteiger partial charge is 0.302 e. The molecule has 1 aliphatic rings. The average molecular weight is 737 g/mol. The Morgan fingerprint density at radius 2 is 1.48 bits per heavy atom. The van der Waals surface area contributed by atoms with Crippen molar-refractivity contribution in [3.8, 4) is 5.75 Å². The van der Waals surface area contributed by atoms with Crippen molar-refractivity contribution in [2.24, 2.45) is 0 Å². The third kappa shape index (κ3) is 11.4. The molecule has 0 unspecified atom stereocenters. The van der Waals surface area contributed by atoms with Gasteiger partial charge in [-0.1, -0.05) is 81.6 Å². The molecule has 0 N–H and O–H groups in total. The van der Waals surface area contributed by atoms with E-state index in [0.29, 0.717) is 43.4 Å². The van der Waals surface area contributed by atoms with Crippen LogP contribution in [0.1, 0.15) is 96.8 Å². The maximum Gasteiger partial charge on any atom is 0.302 e. The molecule has 0 aliphatic carbocycles. The summed E-state index contributed by atoms with van der Waals surface area (Å²) in [5.41, 5.74) is 1.20. The maximum absolute atomic E-state index is 12.5. The van der Waals surface area contributed by atoms with Gasteiger partial charge in [-0.2, -0.15) is 0 Å². The monoisotopic (exact) mass is 736 g/mol. The van der Waals surface area contributed by atoms with Gasteiger partial charge in [0.25, 0.3) is 0 Å². The summed E-state index contributed by atoms with van der Waals surface area (Å²) in [7, 11) is 1.58. The van der Waals surface area contributed by atoms with Crippen LogP contribution in [0.15, 0.2) is 42.5 Å². The highest BCUT2D eigenvalue weighted by molar-refractivity contribution is 8.13. The van der Waals surface area contributed by atoms with E-state index >= 15 is 0 Å². The first-order valence-corrected chi connectivity index (χ1v) is 19.3. The molecule has 1 fully saturated rings. The van der Waals surface area contributed by atoms with Crippen LogP contribution in [-0.2, 0) is 50.2 Å². The van der Waals surface area contributed by atoms with Gasteiger partial charge in [-0.05, 0) is 68.0 Å². The topological polar surface area (TPSA) is 98.8 Å². The number of carbonyl (C=O) groups is 2. The number of rotatable bonds is 22. The zero-order chi connectivity index (χ0) is 36.6. The number of hydrogen-bond acceptors (Lipinski definition) is 10. The second-order valence-corrected chi connectivity index (χ2v) is 14.2. The quantitative estimate of drug-likeness (QED) is 0.0868. The lowest BCUT2D eigenvalue weighted by Gasteiger charge is -2.57. The van der Waals surface area contributed by atoms with E-state index < -0.39 is 35.7 Å². The standard InChI is InChI=1S/C39H57ClO9S/c1-8-12-21-45-35-36(46-22-13-9-2)38(26-48-28(5)41,27-50-29(6)42)49-39(43-7,37(35)47-23-14-10-3)32-17-20-34(40)31(25-32)24-30-15-18-33(19-16-30)44-11-4/h15-20,25,35-37H,8-14,21-24,26-27H2,1-7H3/t35-,36-,37+,38-,39-/m0/s1. The summed E-state index contributed by atoms with van der Waals surface area (Å²) in [5.74, 6) is -1.12. The van der Waals surface area contributed by atoms with Crippen molar-refractivity contribution in [2.75, 3.05) is 45.9 Å². The summed E-state index contributed by atoms with van der Waals surface area (Å²) in [4.78, 5) is 24.9. The number of hydrogen-bond donors (Lipinski definition) is 0. The van der Waals surface area contributed by atoms with Crippen LogP contribution in [-0.4, -0.2) is 80.9 Å². The van der Waals surface area contributed by atoms with Crippen LogP contribution in [0.2, 0.25) is 5.02 Å². The SMILES string of the molecule is CCCCO[C@@H]1[C@@H](OCCCC)[C@](OC)(c2ccc(Cl)c(Cc3ccc(OCC)cc3)c2)O[C@@](COC(C)=O)(CSC(C)=O)[C@H]1OCCCC. The van der Waals surface area contributed by atoms with E-state index in [1.807, 2.05) is 49.4 Å². The lowest BCUT2D eigenvalue weighted by Crippen LogP contribution is -2.73. The van der Waals surface area contributed by atoms with E-state index in [0.717, 1.165) is 67.2 Å². The van der Waals surface area contributed by atoms with Crippen molar-refractivity contribution in [3.05, 3.63) is 64.2 Å². The van der Waals surface area contributed by atoms with E-state index in [9.17, 15) is 9.59 Å². The molecule has 0 amide bonds. The largest absolute Gasteiger partial charge is 0.494 e. The third-order valence-corrected chi connectivity index (χ3v) is 10.1. The van der Waals surface area contributed by atoms with Gasteiger partial charge >= 0.3 is 5.97 Å². The van der Waals surface area contributed by atoms with Gasteiger partial charge in [-0.3, -0.25) is 9.59 Å². The molecule has 3 rings (SSSR count). The number of methoxy groups -OCH3 is 1. The van der Waals surface area contributed by atoms with Crippen molar-refractivity contribution in [2.45, 2.75) is 116 Å². The van der Waals surface area contributed by atoms with Gasteiger partial charge in [0.1, 0.15) is 36.3 Å². The molecule has 2 aromatic rings. The van der Waals surface area contributed by atoms with Gasteiger partial charge in [0, 0.05) is 57.1 Å². The number of benzene rings is 2. The first-order valence-electron chi connectivity index (χ1n) is 18.0. The Morgan fingerprint density at radius 1 is 0.860 bits per heavy atom. The summed E-state index contributed by atoms with van der Waals surface area (Å²) in [6.07, 6.45) is 3.44. The second kappa shape index (κ2) is 21.4. The Hall–Kier alpha value is -2.18. The summed E-state index contributed by atoms with van der Waals surface area (Å²) >= 11 is 7.93. The highest BCUT2D eigenvalue weighted by Gasteiger charge is 2.65. The number of esters is 1. The highest BCUT2D eigenvalue weighted by atomic mass is 35.5. The average Bonchev–Trinajstić information content (AvgIpc) is 3.10. The second-order valence-electron chi connectivity index (χ2n) is 12.6. The van der Waals surface area contributed by atoms with Crippen LogP contribution in [0.4, 0.5) is 0 Å². The molecule has 5 atom stereocenters. The van der Waals surface area contributed by atoms with E-state index in [1.165, 1.54) is 13.8 Å². The first kappa shape index (κ1) is 42.2. The molecule has 1 heterocycles. The number of carbonyl (C=O) groups excluding carboxylic acids is 2. The molecule has 0 aromatic heterocycles. The van der Waals surface area contributed by atoms with E-state index in [1.54, 1.807) is 7.11 Å². The van der Waals surface area contributed by atoms with Crippen LogP contribution in [0, 0.1) is 0 Å². The third-order valence-electron chi connectivity index (χ3n) is 8.66. The van der Waals surface area contributed by atoms with Crippen molar-refractivity contribution in [1.82, 2.24) is 0 Å². The van der Waals surface area contributed by atoms with Crippen LogP contribution in [0.3, 0.4) is 0 Å². The number of unbranched alkanes of at least 4 members (excludes halogenated alkanes) is 3. The molecule has 1 aliphatic heterocycles. The summed E-state index contributed by atoms with van der Waals surface area (Å²) in [6.45, 7) is 12.8. The zero-order valence-corrected chi connectivity index (χ0v) is 32.5. The Labute approximate surface area is 308 Å². The number of halogens is 1. The minimum Gasteiger partial charge on any atom is -0.494 e. The van der Waals surface area contributed by atoms with Crippen molar-refractivity contribution >= 4 is 34.4 Å². The predicted molar refractivity (Wildman–Crippen MR) is 198 cm³/mol. The minimum absolute atomic E-state index is 0.111. The molecule has 0 radical (unpaired) electrons. The fourth-order valence-corrected chi connectivity index (χ4v) is 6.96. The lowest BCUT2D eigenvalue weighted by molar-refractivity contribution is -0.405. The van der Waals surface area contributed by atoms with Gasteiger partial charge in [0.2, 0.25) is 5.79 Å². The van der Waals surface area contributed by atoms with Gasteiger partial charge < -0.3 is 33.2 Å². The summed E-state index contributed by atoms with van der Waals surface area (Å²) < 4.78 is 45.3. The fraction of sp³-hybridized carbons (Fsp3) is 0.641. The molecule has 1 saturated heterocycles. The molecule has 0 saturated carbocycles. The highest BCUT2D eigenvalue weighted by Crippen LogP contribution is 2.49. The molecule has 50 heavy (non-hydrogen) atoms. The molecule has 9 nitrogen and oxygen atoms in total. The van der Waals surface area contributed by atoms with Gasteiger partial charge in [-0.25, -0.2) is 0 Å². The summed E-state index contributed by atoms with van der Waals surface area (Å²) in [5, 5.41) is 0.475. The van der Waals surface area contributed by atoms with E-state index in [-0.39, 0.29) is 17.5 Å². The van der Waals surface area contributed by atoms with E-state index in [4.69, 9.17) is 44.8 Å². The van der Waals surface area contributed by atoms with Gasteiger partial charge in [0.05, 0.1) is 6.61 Å². The Bertz CT molecular complexity index is 1310. The Morgan fingerprint density at radius 3 is 2.04 bits per heavy atom. The van der Waals surface area contributed by atoms with Crippen LogP contribution >= 0.6 is 23.4 Å². The first-order chi connectivity index (χ1) is 24.1. The van der Waals surface area contributed by atoms with Crippen LogP contribution in [0.5, 0.6) is 5.75 Å². The van der Waals surface area contributed by atoms with Gasteiger partial charge in [0.15, 0.2) is 5.12 Å². The molecule has 11 heteroatoms. The maximum atomic E-state index is 12.5. The molecular formula is C39H57ClO9S. The number of ether oxygens (including phenoxy) is 7. The van der Waals surface area contributed by atoms with Crippen LogP contribution in [0.25, 0.3) is 0 Å². The predicted octanol–water partition coefficient (Wildman–Crippen LogP) is 8.30. The number of thioether (sulfide) groups is 1. The molecule has 0 bridgehead atoms. The normalized spacial score (nSPS) is 23.5.